The molecule has 0 unspecified atom stereocenters. The van der Waals surface area contributed by atoms with Crippen LogP contribution in [0, 0.1) is 0 Å². The van der Waals surface area contributed by atoms with Crippen molar-refractivity contribution in [3.05, 3.63) is 35.1 Å². The first kappa shape index (κ1) is 15.5. The van der Waals surface area contributed by atoms with Crippen LogP contribution in [0.5, 0.6) is 6.01 Å². The highest BCUT2D eigenvalue weighted by molar-refractivity contribution is 6.28. The van der Waals surface area contributed by atoms with E-state index in [9.17, 15) is 0 Å². The van der Waals surface area contributed by atoms with Crippen molar-refractivity contribution >= 4 is 23.2 Å². The Labute approximate surface area is 128 Å². The minimum Gasteiger partial charge on any atom is -0.461 e. The molecule has 0 bridgehead atoms. The van der Waals surface area contributed by atoms with Crippen molar-refractivity contribution in [3.8, 4) is 6.01 Å². The van der Waals surface area contributed by atoms with Crippen LogP contribution in [0.25, 0.3) is 0 Å². The molecule has 0 saturated carbocycles. The van der Waals surface area contributed by atoms with E-state index in [1.807, 2.05) is 38.1 Å². The second-order valence-electron chi connectivity index (χ2n) is 4.59. The number of nitrogens with zero attached hydrogens (tertiary/aromatic N) is 3. The molecule has 0 atom stereocenters. The van der Waals surface area contributed by atoms with Crippen molar-refractivity contribution in [2.45, 2.75) is 26.6 Å². The van der Waals surface area contributed by atoms with Crippen molar-refractivity contribution in [3.63, 3.8) is 0 Å². The van der Waals surface area contributed by atoms with Crippen LogP contribution in [0.3, 0.4) is 0 Å². The maximum absolute atomic E-state index is 5.89. The van der Waals surface area contributed by atoms with Gasteiger partial charge in [-0.2, -0.15) is 15.0 Å². The highest BCUT2D eigenvalue weighted by Gasteiger charge is 2.09. The van der Waals surface area contributed by atoms with E-state index >= 15 is 0 Å². The van der Waals surface area contributed by atoms with Gasteiger partial charge in [-0.05, 0) is 31.5 Å². The van der Waals surface area contributed by atoms with E-state index in [0.717, 1.165) is 11.3 Å². The quantitative estimate of drug-likeness (QED) is 0.883. The normalized spacial score (nSPS) is 10.7. The molecule has 7 heteroatoms. The van der Waals surface area contributed by atoms with Gasteiger partial charge < -0.3 is 14.8 Å². The number of para-hydroxylation sites is 1. The number of halogens is 1. The van der Waals surface area contributed by atoms with E-state index in [-0.39, 0.29) is 17.4 Å². The average Bonchev–Trinajstić information content (AvgIpc) is 2.40. The third kappa shape index (κ3) is 4.54. The molecule has 0 aliphatic heterocycles. The maximum atomic E-state index is 5.89. The van der Waals surface area contributed by atoms with Gasteiger partial charge in [0.15, 0.2) is 0 Å². The summed E-state index contributed by atoms with van der Waals surface area (Å²) in [6.07, 6.45) is -0.0444. The highest BCUT2D eigenvalue weighted by atomic mass is 35.5. The third-order valence-electron chi connectivity index (χ3n) is 2.49. The summed E-state index contributed by atoms with van der Waals surface area (Å²) < 4.78 is 10.6. The fourth-order valence-electron chi connectivity index (χ4n) is 1.70. The lowest BCUT2D eigenvalue weighted by Crippen LogP contribution is -2.10. The fourth-order valence-corrected chi connectivity index (χ4v) is 1.85. The zero-order chi connectivity index (χ0) is 15.2. The topological polar surface area (TPSA) is 69.2 Å². The summed E-state index contributed by atoms with van der Waals surface area (Å²) in [6, 6.07) is 7.91. The summed E-state index contributed by atoms with van der Waals surface area (Å²) in [5.41, 5.74) is 1.83. The van der Waals surface area contributed by atoms with E-state index < -0.39 is 0 Å². The summed E-state index contributed by atoms with van der Waals surface area (Å²) >= 11 is 5.89. The van der Waals surface area contributed by atoms with Gasteiger partial charge in [-0.1, -0.05) is 18.2 Å². The lowest BCUT2D eigenvalue weighted by Gasteiger charge is -2.12. The predicted molar refractivity (Wildman–Crippen MR) is 81.0 cm³/mol. The highest BCUT2D eigenvalue weighted by Crippen LogP contribution is 2.21. The molecule has 1 heterocycles. The number of hydrogen-bond acceptors (Lipinski definition) is 6. The number of methoxy groups -OCH3 is 1. The van der Waals surface area contributed by atoms with Crippen molar-refractivity contribution in [2.75, 3.05) is 12.4 Å². The molecular formula is C14H17ClN4O2. The first-order valence-corrected chi connectivity index (χ1v) is 6.88. The summed E-state index contributed by atoms with van der Waals surface area (Å²) in [5, 5.41) is 3.18. The Morgan fingerprint density at radius 1 is 1.19 bits per heavy atom. The van der Waals surface area contributed by atoms with Crippen LogP contribution in [0.1, 0.15) is 19.4 Å². The van der Waals surface area contributed by atoms with Crippen molar-refractivity contribution in [2.24, 2.45) is 0 Å². The SMILES string of the molecule is COCc1ccccc1Nc1nc(Cl)nc(OC(C)C)n1. The van der Waals surface area contributed by atoms with Crippen LogP contribution in [-0.2, 0) is 11.3 Å². The molecular weight excluding hydrogens is 292 g/mol. The zero-order valence-corrected chi connectivity index (χ0v) is 12.9. The van der Waals surface area contributed by atoms with Gasteiger partial charge in [-0.25, -0.2) is 0 Å². The van der Waals surface area contributed by atoms with Crippen LogP contribution in [0.15, 0.2) is 24.3 Å². The molecule has 0 spiro atoms. The Bertz CT molecular complexity index is 607. The summed E-state index contributed by atoms with van der Waals surface area (Å²) in [6.45, 7) is 4.26. The van der Waals surface area contributed by atoms with E-state index in [1.165, 1.54) is 0 Å². The molecule has 21 heavy (non-hydrogen) atoms. The molecule has 0 fully saturated rings. The number of nitrogens with one attached hydrogen (secondary N) is 1. The maximum Gasteiger partial charge on any atom is 0.322 e. The molecule has 2 aromatic rings. The molecule has 1 aromatic heterocycles. The van der Waals surface area contributed by atoms with E-state index in [0.29, 0.717) is 12.6 Å². The van der Waals surface area contributed by atoms with Crippen molar-refractivity contribution < 1.29 is 9.47 Å². The Hall–Kier alpha value is -1.92. The Balaban J connectivity index is 2.25. The zero-order valence-electron chi connectivity index (χ0n) is 12.1. The second kappa shape index (κ2) is 7.19. The minimum atomic E-state index is -0.0444. The lowest BCUT2D eigenvalue weighted by atomic mass is 10.2. The van der Waals surface area contributed by atoms with Crippen LogP contribution in [-0.4, -0.2) is 28.2 Å². The molecule has 0 saturated heterocycles. The Morgan fingerprint density at radius 2 is 1.95 bits per heavy atom. The third-order valence-corrected chi connectivity index (χ3v) is 2.66. The second-order valence-corrected chi connectivity index (χ2v) is 4.93. The first-order chi connectivity index (χ1) is 10.1. The Morgan fingerprint density at radius 3 is 2.67 bits per heavy atom. The molecule has 6 nitrogen and oxygen atoms in total. The van der Waals surface area contributed by atoms with Gasteiger partial charge in [0.05, 0.1) is 12.7 Å². The molecule has 1 aromatic carbocycles. The van der Waals surface area contributed by atoms with Gasteiger partial charge in [0.1, 0.15) is 0 Å². The number of benzene rings is 1. The summed E-state index contributed by atoms with van der Waals surface area (Å²) in [7, 11) is 1.64. The summed E-state index contributed by atoms with van der Waals surface area (Å²) in [4.78, 5) is 12.2. The molecule has 0 radical (unpaired) electrons. The number of anilines is 2. The smallest absolute Gasteiger partial charge is 0.322 e. The van der Waals surface area contributed by atoms with Gasteiger partial charge in [0.2, 0.25) is 11.2 Å². The van der Waals surface area contributed by atoms with Crippen LogP contribution < -0.4 is 10.1 Å². The summed E-state index contributed by atoms with van der Waals surface area (Å²) in [5.74, 6) is 0.328. The number of hydrogen-bond donors (Lipinski definition) is 1. The van der Waals surface area contributed by atoms with Gasteiger partial charge in [-0.15, -0.1) is 0 Å². The average molecular weight is 309 g/mol. The number of aromatic nitrogens is 3. The number of rotatable bonds is 6. The van der Waals surface area contributed by atoms with E-state index in [2.05, 4.69) is 20.3 Å². The molecule has 1 N–H and O–H groups in total. The van der Waals surface area contributed by atoms with Gasteiger partial charge in [-0.3, -0.25) is 0 Å². The first-order valence-electron chi connectivity index (χ1n) is 6.50. The van der Waals surface area contributed by atoms with Gasteiger partial charge in [0.25, 0.3) is 0 Å². The molecule has 2 rings (SSSR count). The fraction of sp³-hybridized carbons (Fsp3) is 0.357. The van der Waals surface area contributed by atoms with Crippen molar-refractivity contribution in [1.82, 2.24) is 15.0 Å². The largest absolute Gasteiger partial charge is 0.461 e. The Kier molecular flexibility index (Phi) is 5.30. The van der Waals surface area contributed by atoms with Crippen LogP contribution >= 0.6 is 11.6 Å². The molecule has 0 aliphatic rings. The monoisotopic (exact) mass is 308 g/mol. The standard InChI is InChI=1S/C14H17ClN4O2/c1-9(2)21-14-18-12(15)17-13(19-14)16-11-7-5-4-6-10(11)8-20-3/h4-7,9H,8H2,1-3H3,(H,16,17,18,19). The molecule has 0 aliphatic carbocycles. The van der Waals surface area contributed by atoms with Gasteiger partial charge >= 0.3 is 6.01 Å². The molecule has 112 valence electrons. The minimum absolute atomic E-state index is 0.0444. The van der Waals surface area contributed by atoms with E-state index in [1.54, 1.807) is 7.11 Å². The van der Waals surface area contributed by atoms with Crippen molar-refractivity contribution in [1.29, 1.82) is 0 Å². The van der Waals surface area contributed by atoms with Crippen LogP contribution in [0.4, 0.5) is 11.6 Å². The predicted octanol–water partition coefficient (Wildman–Crippen LogP) is 3.20. The van der Waals surface area contributed by atoms with Crippen LogP contribution in [0.2, 0.25) is 5.28 Å². The lowest BCUT2D eigenvalue weighted by molar-refractivity contribution is 0.185. The number of ether oxygens (including phenoxy) is 2. The van der Waals surface area contributed by atoms with Gasteiger partial charge in [0, 0.05) is 18.4 Å². The van der Waals surface area contributed by atoms with E-state index in [4.69, 9.17) is 21.1 Å². The molecule has 0 amide bonds.